The van der Waals surface area contributed by atoms with Gasteiger partial charge in [-0.25, -0.2) is 0 Å². The number of phenols is 1. The average molecular weight is 313 g/mol. The predicted molar refractivity (Wildman–Crippen MR) is 74.6 cm³/mol. The molecule has 98 valence electrons. The summed E-state index contributed by atoms with van der Waals surface area (Å²) < 4.78 is 0.828. The second-order valence-corrected chi connectivity index (χ2v) is 5.64. The van der Waals surface area contributed by atoms with Crippen molar-refractivity contribution in [3.8, 4) is 5.75 Å². The van der Waals surface area contributed by atoms with Crippen LogP contribution in [-0.4, -0.2) is 23.6 Å². The van der Waals surface area contributed by atoms with Crippen LogP contribution in [0, 0.1) is 5.92 Å². The molecule has 4 nitrogen and oxygen atoms in total. The number of aromatic hydroxyl groups is 1. The first-order valence-electron chi connectivity index (χ1n) is 6.09. The van der Waals surface area contributed by atoms with Crippen molar-refractivity contribution in [3.05, 3.63) is 22.7 Å². The fourth-order valence-corrected chi connectivity index (χ4v) is 2.57. The maximum Gasteiger partial charge on any atom is 0.227 e. The smallest absolute Gasteiger partial charge is 0.227 e. The Morgan fingerprint density at radius 1 is 1.56 bits per heavy atom. The SMILES string of the molecule is C[C@H]1C[C@@H](C(=O)Nc2cc(Br)ccc2O)CCN1. The van der Waals surface area contributed by atoms with E-state index in [1.807, 2.05) is 0 Å². The lowest BCUT2D eigenvalue weighted by molar-refractivity contribution is -0.120. The minimum absolute atomic E-state index is 0.0135. The van der Waals surface area contributed by atoms with Crippen molar-refractivity contribution in [1.29, 1.82) is 0 Å². The second-order valence-electron chi connectivity index (χ2n) is 4.73. The van der Waals surface area contributed by atoms with Gasteiger partial charge >= 0.3 is 0 Å². The topological polar surface area (TPSA) is 61.4 Å². The molecule has 0 aromatic heterocycles. The van der Waals surface area contributed by atoms with Gasteiger partial charge < -0.3 is 15.7 Å². The van der Waals surface area contributed by atoms with Crippen LogP contribution < -0.4 is 10.6 Å². The monoisotopic (exact) mass is 312 g/mol. The van der Waals surface area contributed by atoms with E-state index < -0.39 is 0 Å². The van der Waals surface area contributed by atoms with Crippen LogP contribution in [0.3, 0.4) is 0 Å². The van der Waals surface area contributed by atoms with Gasteiger partial charge in [0.15, 0.2) is 0 Å². The molecule has 1 heterocycles. The Morgan fingerprint density at radius 3 is 3.06 bits per heavy atom. The van der Waals surface area contributed by atoms with Crippen molar-refractivity contribution in [2.45, 2.75) is 25.8 Å². The van der Waals surface area contributed by atoms with Crippen LogP contribution in [0.1, 0.15) is 19.8 Å². The molecule has 0 saturated carbocycles. The van der Waals surface area contributed by atoms with Gasteiger partial charge in [0.2, 0.25) is 5.91 Å². The molecule has 2 atom stereocenters. The fraction of sp³-hybridized carbons (Fsp3) is 0.462. The number of rotatable bonds is 2. The molecule has 0 radical (unpaired) electrons. The molecule has 1 amide bonds. The quantitative estimate of drug-likeness (QED) is 0.735. The Bertz CT molecular complexity index is 451. The van der Waals surface area contributed by atoms with Crippen molar-refractivity contribution in [2.75, 3.05) is 11.9 Å². The normalized spacial score (nSPS) is 23.7. The highest BCUT2D eigenvalue weighted by atomic mass is 79.9. The summed E-state index contributed by atoms with van der Waals surface area (Å²) in [5.74, 6) is 0.0879. The van der Waals surface area contributed by atoms with Gasteiger partial charge in [-0.05, 0) is 44.5 Å². The summed E-state index contributed by atoms with van der Waals surface area (Å²) in [6, 6.07) is 5.37. The summed E-state index contributed by atoms with van der Waals surface area (Å²) in [6.07, 6.45) is 1.67. The lowest BCUT2D eigenvalue weighted by Crippen LogP contribution is -2.40. The predicted octanol–water partition coefficient (Wildman–Crippen LogP) is 2.48. The summed E-state index contributed by atoms with van der Waals surface area (Å²) in [7, 11) is 0. The van der Waals surface area contributed by atoms with Gasteiger partial charge in [0.1, 0.15) is 5.75 Å². The molecule has 1 aliphatic rings. The summed E-state index contributed by atoms with van der Waals surface area (Å²) in [4.78, 5) is 12.1. The Morgan fingerprint density at radius 2 is 2.33 bits per heavy atom. The molecule has 1 saturated heterocycles. The van der Waals surface area contributed by atoms with Crippen LogP contribution in [-0.2, 0) is 4.79 Å². The van der Waals surface area contributed by atoms with E-state index in [-0.39, 0.29) is 17.6 Å². The largest absolute Gasteiger partial charge is 0.506 e. The first-order chi connectivity index (χ1) is 8.56. The number of piperidine rings is 1. The van der Waals surface area contributed by atoms with Crippen molar-refractivity contribution >= 4 is 27.5 Å². The van der Waals surface area contributed by atoms with Crippen LogP contribution >= 0.6 is 15.9 Å². The molecule has 0 bridgehead atoms. The third kappa shape index (κ3) is 3.23. The van der Waals surface area contributed by atoms with Crippen LogP contribution in [0.4, 0.5) is 5.69 Å². The van der Waals surface area contributed by atoms with Gasteiger partial charge in [0.25, 0.3) is 0 Å². The Balaban J connectivity index is 2.04. The lowest BCUT2D eigenvalue weighted by Gasteiger charge is -2.27. The van der Waals surface area contributed by atoms with Gasteiger partial charge in [-0.2, -0.15) is 0 Å². The molecule has 1 aromatic carbocycles. The molecule has 1 fully saturated rings. The molecule has 0 unspecified atom stereocenters. The van der Waals surface area contributed by atoms with Gasteiger partial charge in [0.05, 0.1) is 5.69 Å². The van der Waals surface area contributed by atoms with E-state index in [0.29, 0.717) is 11.7 Å². The average Bonchev–Trinajstić information content (AvgIpc) is 2.34. The number of hydrogen-bond acceptors (Lipinski definition) is 3. The first-order valence-corrected chi connectivity index (χ1v) is 6.88. The minimum Gasteiger partial charge on any atom is -0.506 e. The van der Waals surface area contributed by atoms with Crippen LogP contribution in [0.5, 0.6) is 5.75 Å². The summed E-state index contributed by atoms with van der Waals surface area (Å²) in [5, 5.41) is 15.8. The summed E-state index contributed by atoms with van der Waals surface area (Å²) in [5.41, 5.74) is 0.459. The second kappa shape index (κ2) is 5.71. The molecular weight excluding hydrogens is 296 g/mol. The van der Waals surface area contributed by atoms with Crippen LogP contribution in [0.2, 0.25) is 0 Å². The number of hydrogen-bond donors (Lipinski definition) is 3. The van der Waals surface area contributed by atoms with Gasteiger partial charge in [-0.15, -0.1) is 0 Å². The highest BCUT2D eigenvalue weighted by Crippen LogP contribution is 2.28. The molecule has 2 rings (SSSR count). The van der Waals surface area contributed by atoms with Crippen molar-refractivity contribution in [1.82, 2.24) is 5.32 Å². The third-order valence-corrected chi connectivity index (χ3v) is 3.70. The Kier molecular flexibility index (Phi) is 4.24. The molecule has 0 spiro atoms. The summed E-state index contributed by atoms with van der Waals surface area (Å²) in [6.45, 7) is 2.94. The zero-order chi connectivity index (χ0) is 13.1. The fourth-order valence-electron chi connectivity index (χ4n) is 2.21. The van der Waals surface area contributed by atoms with Gasteiger partial charge in [-0.1, -0.05) is 15.9 Å². The van der Waals surface area contributed by atoms with E-state index in [1.54, 1.807) is 18.2 Å². The number of amides is 1. The number of carbonyl (C=O) groups is 1. The molecule has 1 aromatic rings. The lowest BCUT2D eigenvalue weighted by atomic mass is 9.92. The van der Waals surface area contributed by atoms with Crippen molar-refractivity contribution in [3.63, 3.8) is 0 Å². The maximum absolute atomic E-state index is 12.1. The van der Waals surface area contributed by atoms with E-state index in [0.717, 1.165) is 23.9 Å². The highest BCUT2D eigenvalue weighted by molar-refractivity contribution is 9.10. The minimum atomic E-state index is -0.0169. The van der Waals surface area contributed by atoms with Crippen molar-refractivity contribution in [2.24, 2.45) is 5.92 Å². The number of benzene rings is 1. The zero-order valence-corrected chi connectivity index (χ0v) is 11.8. The molecule has 1 aliphatic heterocycles. The summed E-state index contributed by atoms with van der Waals surface area (Å²) >= 11 is 3.32. The number of nitrogens with one attached hydrogen (secondary N) is 2. The highest BCUT2D eigenvalue weighted by Gasteiger charge is 2.25. The standard InChI is InChI=1S/C13H17BrN2O2/c1-8-6-9(4-5-15-8)13(18)16-11-7-10(14)2-3-12(11)17/h2-3,7-9,15,17H,4-6H2,1H3,(H,16,18)/t8-,9-/m0/s1. The van der Waals surface area contributed by atoms with E-state index in [2.05, 4.69) is 33.5 Å². The number of carbonyl (C=O) groups excluding carboxylic acids is 1. The van der Waals surface area contributed by atoms with Crippen molar-refractivity contribution < 1.29 is 9.90 Å². The van der Waals surface area contributed by atoms with Crippen LogP contribution in [0.15, 0.2) is 22.7 Å². The third-order valence-electron chi connectivity index (χ3n) is 3.21. The maximum atomic E-state index is 12.1. The number of phenolic OH excluding ortho intramolecular Hbond substituents is 1. The molecule has 18 heavy (non-hydrogen) atoms. The van der Waals surface area contributed by atoms with Crippen LogP contribution in [0.25, 0.3) is 0 Å². The van der Waals surface area contributed by atoms with Gasteiger partial charge in [0, 0.05) is 16.4 Å². The molecule has 3 N–H and O–H groups in total. The Hall–Kier alpha value is -1.07. The van der Waals surface area contributed by atoms with Gasteiger partial charge in [-0.3, -0.25) is 4.79 Å². The zero-order valence-electron chi connectivity index (χ0n) is 10.2. The first kappa shape index (κ1) is 13.4. The van der Waals surface area contributed by atoms with E-state index in [4.69, 9.17) is 0 Å². The van der Waals surface area contributed by atoms with E-state index >= 15 is 0 Å². The molecule has 5 heteroatoms. The number of anilines is 1. The molecular formula is C13H17BrN2O2. The van der Waals surface area contributed by atoms with E-state index in [9.17, 15) is 9.90 Å². The molecule has 0 aliphatic carbocycles. The number of halogens is 1. The van der Waals surface area contributed by atoms with E-state index in [1.165, 1.54) is 0 Å². The Labute approximate surface area is 115 Å².